The number of H-pyrrole nitrogens is 1. The Morgan fingerprint density at radius 3 is 2.49 bits per heavy atom. The molecular weight excluding hydrogens is 516 g/mol. The van der Waals surface area contributed by atoms with Gasteiger partial charge in [0.05, 0.1) is 23.1 Å². The largest absolute Gasteiger partial charge is 0.343 e. The van der Waals surface area contributed by atoms with Gasteiger partial charge in [0.2, 0.25) is 17.7 Å². The molecule has 0 radical (unpaired) electrons. The lowest BCUT2D eigenvalue weighted by Crippen LogP contribution is -2.57. The lowest BCUT2D eigenvalue weighted by molar-refractivity contribution is -0.141. The molecule has 0 aliphatic carbocycles. The second kappa shape index (κ2) is 13.3. The number of aromatic nitrogens is 2. The van der Waals surface area contributed by atoms with E-state index in [4.69, 9.17) is 4.98 Å². The molecule has 4 rings (SSSR count). The summed E-state index contributed by atoms with van der Waals surface area (Å²) in [6.45, 7) is 7.85. The summed E-state index contributed by atoms with van der Waals surface area (Å²) < 4.78 is 0. The van der Waals surface area contributed by atoms with Crippen LogP contribution in [0, 0.1) is 5.92 Å². The number of likely N-dealkylation sites (N-methyl/N-ethyl adjacent to an activating group) is 2. The molecule has 1 fully saturated rings. The van der Waals surface area contributed by atoms with Crippen molar-refractivity contribution in [3.05, 3.63) is 65.5 Å². The van der Waals surface area contributed by atoms with Crippen LogP contribution in [0.3, 0.4) is 0 Å². The van der Waals surface area contributed by atoms with Crippen molar-refractivity contribution < 1.29 is 14.4 Å². The fraction of sp³-hybridized carbons (Fsp3) is 0.500. The molecule has 1 aromatic heterocycles. The number of nitrogens with one attached hydrogen (secondary N) is 3. The highest BCUT2D eigenvalue weighted by molar-refractivity contribution is 5.91. The van der Waals surface area contributed by atoms with Crippen LogP contribution in [-0.2, 0) is 20.8 Å². The van der Waals surface area contributed by atoms with E-state index in [0.717, 1.165) is 41.7 Å². The Morgan fingerprint density at radius 1 is 1.07 bits per heavy atom. The van der Waals surface area contributed by atoms with Crippen molar-refractivity contribution in [3.8, 4) is 0 Å². The van der Waals surface area contributed by atoms with Crippen molar-refractivity contribution in [2.24, 2.45) is 5.92 Å². The maximum atomic E-state index is 14.2. The van der Waals surface area contributed by atoms with E-state index in [1.54, 1.807) is 25.9 Å². The topological polar surface area (TPSA) is 110 Å². The Bertz CT molecular complexity index is 1350. The maximum absolute atomic E-state index is 14.2. The van der Waals surface area contributed by atoms with E-state index in [-0.39, 0.29) is 42.3 Å². The summed E-state index contributed by atoms with van der Waals surface area (Å²) in [5, 5.41) is 5.85. The Hall–Kier alpha value is -3.72. The predicted octanol–water partition coefficient (Wildman–Crippen LogP) is 3.80. The fourth-order valence-electron chi connectivity index (χ4n) is 5.52. The van der Waals surface area contributed by atoms with E-state index in [9.17, 15) is 14.4 Å². The smallest absolute Gasteiger partial charge is 0.247 e. The van der Waals surface area contributed by atoms with Gasteiger partial charge in [-0.1, -0.05) is 56.3 Å². The van der Waals surface area contributed by atoms with Gasteiger partial charge < -0.3 is 25.4 Å². The highest BCUT2D eigenvalue weighted by Crippen LogP contribution is 2.36. The number of likely N-dealkylation sites (tertiary alicyclic amines) is 1. The van der Waals surface area contributed by atoms with Crippen LogP contribution in [-0.4, -0.2) is 76.3 Å². The van der Waals surface area contributed by atoms with Crippen LogP contribution in [0.4, 0.5) is 0 Å². The van der Waals surface area contributed by atoms with Gasteiger partial charge in [-0.2, -0.15) is 0 Å². The minimum atomic E-state index is -0.875. The zero-order valence-electron chi connectivity index (χ0n) is 25.1. The van der Waals surface area contributed by atoms with Gasteiger partial charge in [-0.25, -0.2) is 4.98 Å². The Morgan fingerprint density at radius 2 is 1.80 bits per heavy atom. The summed E-state index contributed by atoms with van der Waals surface area (Å²) in [7, 11) is 3.39. The number of fused-ring (bicyclic) bond motifs is 1. The zero-order valence-corrected chi connectivity index (χ0v) is 25.1. The molecule has 2 aromatic carbocycles. The number of benzene rings is 2. The van der Waals surface area contributed by atoms with Crippen molar-refractivity contribution in [2.75, 3.05) is 20.6 Å². The van der Waals surface area contributed by atoms with Crippen LogP contribution >= 0.6 is 0 Å². The number of aromatic amines is 1. The Labute approximate surface area is 243 Å². The first-order valence-corrected chi connectivity index (χ1v) is 14.6. The van der Waals surface area contributed by atoms with E-state index in [1.807, 2.05) is 56.0 Å². The fourth-order valence-corrected chi connectivity index (χ4v) is 5.52. The number of carbonyl (C=O) groups is 3. The van der Waals surface area contributed by atoms with Gasteiger partial charge in [0.25, 0.3) is 0 Å². The van der Waals surface area contributed by atoms with Crippen LogP contribution in [0.1, 0.15) is 70.0 Å². The molecule has 9 heteroatoms. The number of hydrogen-bond donors (Lipinski definition) is 3. The number of hydrogen-bond acceptors (Lipinski definition) is 5. The van der Waals surface area contributed by atoms with Gasteiger partial charge in [-0.15, -0.1) is 0 Å². The molecule has 4 atom stereocenters. The minimum absolute atomic E-state index is 0.0395. The summed E-state index contributed by atoms with van der Waals surface area (Å²) >= 11 is 0. The summed E-state index contributed by atoms with van der Waals surface area (Å²) in [5.41, 5.74) is 4.18. The number of carbonyl (C=O) groups excluding carboxylic acids is 3. The van der Waals surface area contributed by atoms with E-state index < -0.39 is 12.1 Å². The van der Waals surface area contributed by atoms with E-state index >= 15 is 0 Å². The van der Waals surface area contributed by atoms with Crippen molar-refractivity contribution in [2.45, 2.75) is 77.5 Å². The van der Waals surface area contributed by atoms with Crippen molar-refractivity contribution in [1.29, 1.82) is 0 Å². The van der Waals surface area contributed by atoms with Crippen molar-refractivity contribution in [1.82, 2.24) is 30.4 Å². The monoisotopic (exact) mass is 560 g/mol. The lowest BCUT2D eigenvalue weighted by Gasteiger charge is -2.33. The molecular formula is C32H44N6O3. The van der Waals surface area contributed by atoms with Gasteiger partial charge in [0.15, 0.2) is 0 Å². The van der Waals surface area contributed by atoms with Crippen LogP contribution in [0.15, 0.2) is 48.5 Å². The third kappa shape index (κ3) is 7.14. The summed E-state index contributed by atoms with van der Waals surface area (Å²) in [5.74, 6) is 0.402. The molecule has 3 N–H and O–H groups in total. The quantitative estimate of drug-likeness (QED) is 0.330. The van der Waals surface area contributed by atoms with Gasteiger partial charge in [-0.05, 0) is 63.3 Å². The van der Waals surface area contributed by atoms with Crippen LogP contribution < -0.4 is 10.6 Å². The summed E-state index contributed by atoms with van der Waals surface area (Å²) in [4.78, 5) is 51.8. The number of nitrogens with zero attached hydrogens (tertiary/aromatic N) is 3. The van der Waals surface area contributed by atoms with Gasteiger partial charge in [0, 0.05) is 26.1 Å². The second-order valence-electron chi connectivity index (χ2n) is 11.7. The first-order valence-electron chi connectivity index (χ1n) is 14.6. The standard InChI is InChI=1S/C32H44N6O3/c1-20(2)17-28(39)37(6)19-26(35-31(40)22(4)33-5)32(41)38-21(3)15-16-27(38)30-34-25-14-10-13-24(29(25)36-30)18-23-11-8-7-9-12-23/h7-14,20-22,26-27,33H,15-19H2,1-6H3,(H,34,36)(H,35,40)/t21?,22-,26-,27-/m0/s1. The third-order valence-corrected chi connectivity index (χ3v) is 8.00. The van der Waals surface area contributed by atoms with Crippen LogP contribution in [0.25, 0.3) is 11.0 Å². The van der Waals surface area contributed by atoms with Gasteiger partial charge >= 0.3 is 0 Å². The molecule has 1 aliphatic heterocycles. The molecule has 0 bridgehead atoms. The summed E-state index contributed by atoms with van der Waals surface area (Å²) in [6.07, 6.45) is 2.72. The summed E-state index contributed by atoms with van der Waals surface area (Å²) in [6, 6.07) is 14.8. The highest BCUT2D eigenvalue weighted by Gasteiger charge is 2.41. The molecule has 3 amide bonds. The molecule has 0 saturated carbocycles. The molecule has 0 spiro atoms. The molecule has 1 saturated heterocycles. The molecule has 41 heavy (non-hydrogen) atoms. The molecule has 220 valence electrons. The number of rotatable bonds is 11. The van der Waals surface area contributed by atoms with E-state index in [1.165, 1.54) is 5.56 Å². The first kappa shape index (κ1) is 30.2. The molecule has 1 unspecified atom stereocenters. The SMILES string of the molecule is CN[C@@H](C)C(=O)N[C@@H](CN(C)C(=O)CC(C)C)C(=O)N1C(C)CC[C@H]1c1nc2c(Cc3ccccc3)cccc2[nH]1. The Kier molecular flexibility index (Phi) is 9.81. The van der Waals surface area contributed by atoms with Crippen LogP contribution in [0.5, 0.6) is 0 Å². The second-order valence-corrected chi connectivity index (χ2v) is 11.7. The third-order valence-electron chi connectivity index (χ3n) is 8.00. The van der Waals surface area contributed by atoms with Crippen molar-refractivity contribution >= 4 is 28.8 Å². The minimum Gasteiger partial charge on any atom is -0.343 e. The normalized spacial score (nSPS) is 18.5. The lowest BCUT2D eigenvalue weighted by atomic mass is 10.0. The average Bonchev–Trinajstić information content (AvgIpc) is 3.55. The highest BCUT2D eigenvalue weighted by atomic mass is 16.2. The van der Waals surface area contributed by atoms with Gasteiger partial charge in [0.1, 0.15) is 11.9 Å². The molecule has 2 heterocycles. The van der Waals surface area contributed by atoms with Crippen LogP contribution in [0.2, 0.25) is 0 Å². The van der Waals surface area contributed by atoms with E-state index in [2.05, 4.69) is 33.8 Å². The number of imidazole rings is 1. The number of amides is 3. The number of para-hydroxylation sites is 1. The predicted molar refractivity (Wildman–Crippen MR) is 161 cm³/mol. The van der Waals surface area contributed by atoms with Crippen molar-refractivity contribution in [3.63, 3.8) is 0 Å². The molecule has 1 aliphatic rings. The van der Waals surface area contributed by atoms with E-state index in [0.29, 0.717) is 6.42 Å². The molecule has 3 aromatic rings. The zero-order chi connectivity index (χ0) is 29.7. The van der Waals surface area contributed by atoms with Gasteiger partial charge in [-0.3, -0.25) is 14.4 Å². The maximum Gasteiger partial charge on any atom is 0.247 e. The Balaban J connectivity index is 1.62. The molecule has 9 nitrogen and oxygen atoms in total. The first-order chi connectivity index (χ1) is 19.6. The average molecular weight is 561 g/mol.